The molecule has 2 heterocycles. The van der Waals surface area contributed by atoms with Gasteiger partial charge in [-0.25, -0.2) is 0 Å². The first-order chi connectivity index (χ1) is 17.0. The summed E-state index contributed by atoms with van der Waals surface area (Å²) in [7, 11) is 0. The number of halogens is 1. The summed E-state index contributed by atoms with van der Waals surface area (Å²) >= 11 is 6.55. The molecule has 0 bridgehead atoms. The number of thiophene rings is 1. The van der Waals surface area contributed by atoms with Crippen molar-refractivity contribution >= 4 is 50.8 Å². The molecule has 0 saturated heterocycles. The Morgan fingerprint density at radius 2 is 1.69 bits per heavy atom. The van der Waals surface area contributed by atoms with Gasteiger partial charge in [0.1, 0.15) is 4.21 Å². The molecule has 4 aromatic rings. The van der Waals surface area contributed by atoms with Crippen LogP contribution in [0.15, 0.2) is 87.8 Å². The predicted octanol–water partition coefficient (Wildman–Crippen LogP) is 6.72. The molecule has 7 heteroatoms. The molecule has 0 aliphatic rings. The van der Waals surface area contributed by atoms with Crippen LogP contribution in [0.3, 0.4) is 0 Å². The number of rotatable bonds is 9. The molecule has 0 amide bonds. The second-order valence-electron chi connectivity index (χ2n) is 7.92. The van der Waals surface area contributed by atoms with Crippen LogP contribution in [0.1, 0.15) is 38.8 Å². The van der Waals surface area contributed by atoms with E-state index in [2.05, 4.69) is 28.1 Å². The number of ether oxygens (including phenoxy) is 1. The van der Waals surface area contributed by atoms with Crippen molar-refractivity contribution in [3.63, 3.8) is 0 Å². The number of nitrogens with zero attached hydrogens (tertiary/aromatic N) is 1. The molecule has 0 radical (unpaired) electrons. The van der Waals surface area contributed by atoms with Crippen LogP contribution in [0.5, 0.6) is 0 Å². The van der Waals surface area contributed by atoms with Gasteiger partial charge in [-0.1, -0.05) is 46.3 Å². The lowest BCUT2D eigenvalue weighted by Crippen LogP contribution is -2.31. The van der Waals surface area contributed by atoms with E-state index in [0.29, 0.717) is 22.6 Å². The maximum Gasteiger partial charge on any atom is 0.310 e. The summed E-state index contributed by atoms with van der Waals surface area (Å²) in [6.45, 7) is 4.11. The first kappa shape index (κ1) is 25.4. The summed E-state index contributed by atoms with van der Waals surface area (Å²) in [5.74, 6) is 0.317. The van der Waals surface area contributed by atoms with E-state index in [1.165, 1.54) is 16.9 Å². The molecule has 4 rings (SSSR count). The zero-order valence-electron chi connectivity index (χ0n) is 19.5. The van der Waals surface area contributed by atoms with Gasteiger partial charge in [-0.05, 0) is 49.2 Å². The zero-order chi connectivity index (χ0) is 24.8. The number of ketones is 1. The molecule has 0 unspecified atom stereocenters. The second-order valence-corrected chi connectivity index (χ2v) is 11.1. The first-order valence-electron chi connectivity index (χ1n) is 11.2. The Balaban J connectivity index is 1.84. The van der Waals surface area contributed by atoms with Gasteiger partial charge in [0.25, 0.3) is 0 Å². The van der Waals surface area contributed by atoms with Gasteiger partial charge in [0, 0.05) is 27.9 Å². The maximum atomic E-state index is 13.7. The van der Waals surface area contributed by atoms with Gasteiger partial charge in [0.2, 0.25) is 11.5 Å². The molecule has 35 heavy (non-hydrogen) atoms. The summed E-state index contributed by atoms with van der Waals surface area (Å²) in [5.41, 5.74) is 4.47. The van der Waals surface area contributed by atoms with Crippen LogP contribution in [0.2, 0.25) is 0 Å². The summed E-state index contributed by atoms with van der Waals surface area (Å²) in [6.07, 6.45) is 3.99. The largest absolute Gasteiger partial charge is 0.466 e. The molecule has 0 spiro atoms. The van der Waals surface area contributed by atoms with Crippen molar-refractivity contribution in [3.8, 4) is 5.69 Å². The quantitative estimate of drug-likeness (QED) is 0.0975. The van der Waals surface area contributed by atoms with Crippen molar-refractivity contribution in [1.29, 1.82) is 0 Å². The van der Waals surface area contributed by atoms with Crippen molar-refractivity contribution in [1.82, 2.24) is 0 Å². The van der Waals surface area contributed by atoms with Gasteiger partial charge in [-0.15, -0.1) is 23.1 Å². The molecule has 0 atom stereocenters. The third-order valence-corrected chi connectivity index (χ3v) is 8.43. The number of aryl methyl sites for hydroxylation is 1. The summed E-state index contributed by atoms with van der Waals surface area (Å²) < 4.78 is 9.18. The number of esters is 1. The molecule has 0 aliphatic carbocycles. The van der Waals surface area contributed by atoms with E-state index in [9.17, 15) is 9.59 Å². The van der Waals surface area contributed by atoms with Crippen LogP contribution in [-0.2, 0) is 21.7 Å². The molecule has 178 valence electrons. The number of aromatic nitrogens is 1. The normalized spacial score (nSPS) is 10.8. The highest BCUT2D eigenvalue weighted by Gasteiger charge is 2.31. The van der Waals surface area contributed by atoms with Gasteiger partial charge in [0.15, 0.2) is 12.4 Å². The van der Waals surface area contributed by atoms with Crippen LogP contribution >= 0.6 is 39.0 Å². The van der Waals surface area contributed by atoms with Gasteiger partial charge in [-0.2, -0.15) is 4.57 Å². The molecule has 0 N–H and O–H groups in total. The van der Waals surface area contributed by atoms with Crippen LogP contribution in [0.25, 0.3) is 5.69 Å². The monoisotopic (exact) mass is 566 g/mol. The van der Waals surface area contributed by atoms with Crippen molar-refractivity contribution in [2.24, 2.45) is 0 Å². The van der Waals surface area contributed by atoms with Crippen LogP contribution in [-0.4, -0.2) is 18.4 Å². The Morgan fingerprint density at radius 3 is 2.34 bits per heavy atom. The van der Waals surface area contributed by atoms with E-state index in [-0.39, 0.29) is 18.2 Å². The van der Waals surface area contributed by atoms with E-state index in [1.807, 2.05) is 66.3 Å². The van der Waals surface area contributed by atoms with Gasteiger partial charge in [-0.3, -0.25) is 9.59 Å². The number of hydrogen-bond donors (Lipinski definition) is 0. The molecule has 2 aromatic carbocycles. The number of pyridine rings is 1. The number of benzene rings is 2. The van der Waals surface area contributed by atoms with Crippen molar-refractivity contribution in [2.45, 2.75) is 30.2 Å². The maximum absolute atomic E-state index is 13.7. The number of carbonyl (C=O) groups is 2. The number of thioether (sulfide) groups is 1. The lowest BCUT2D eigenvalue weighted by atomic mass is 10.0. The highest BCUT2D eigenvalue weighted by atomic mass is 79.9. The minimum Gasteiger partial charge on any atom is -0.466 e. The van der Waals surface area contributed by atoms with Crippen molar-refractivity contribution in [3.05, 3.63) is 111 Å². The molecule has 4 nitrogen and oxygen atoms in total. The van der Waals surface area contributed by atoms with Gasteiger partial charge in [0.05, 0.1) is 23.5 Å². The second kappa shape index (κ2) is 11.8. The molecule has 0 saturated carbocycles. The smallest absolute Gasteiger partial charge is 0.310 e. The van der Waals surface area contributed by atoms with Crippen molar-refractivity contribution < 1.29 is 18.9 Å². The Bertz CT molecular complexity index is 1320. The van der Waals surface area contributed by atoms with E-state index in [4.69, 9.17) is 4.74 Å². The third kappa shape index (κ3) is 6.28. The SMILES string of the molecule is CCOC(=O)Cc1c(C(=O)c2ccc(Br)cc2)sc(SCc2ccccc2)c1-[n+]1ccc(C)cc1. The van der Waals surface area contributed by atoms with Crippen LogP contribution < -0.4 is 4.57 Å². The average molecular weight is 568 g/mol. The molecular formula is C28H25BrNO3S2+. The predicted molar refractivity (Wildman–Crippen MR) is 145 cm³/mol. The lowest BCUT2D eigenvalue weighted by Gasteiger charge is -2.06. The van der Waals surface area contributed by atoms with Crippen molar-refractivity contribution in [2.75, 3.05) is 6.61 Å². The Morgan fingerprint density at radius 1 is 1.00 bits per heavy atom. The highest BCUT2D eigenvalue weighted by molar-refractivity contribution is 9.10. The van der Waals surface area contributed by atoms with Gasteiger partial charge < -0.3 is 4.74 Å². The standard InChI is InChI=1S/C28H25BrNO3S2/c1-3-33-24(31)17-23-25(30-15-13-19(2)14-16-30)28(34-18-20-7-5-4-6-8-20)35-27(23)26(32)21-9-11-22(29)12-10-21/h4-16H,3,17-18H2,1-2H3/q+1. The number of hydrogen-bond acceptors (Lipinski definition) is 5. The molecule has 0 fully saturated rings. The average Bonchev–Trinajstić information content (AvgIpc) is 3.22. The number of carbonyl (C=O) groups excluding carboxylic acids is 2. The first-order valence-corrected chi connectivity index (χ1v) is 13.8. The molecule has 2 aromatic heterocycles. The lowest BCUT2D eigenvalue weighted by molar-refractivity contribution is -0.598. The molecular weight excluding hydrogens is 542 g/mol. The summed E-state index contributed by atoms with van der Waals surface area (Å²) in [4.78, 5) is 26.9. The highest BCUT2D eigenvalue weighted by Crippen LogP contribution is 2.39. The minimum absolute atomic E-state index is 0.0318. The fraction of sp³-hybridized carbons (Fsp3) is 0.179. The Kier molecular flexibility index (Phi) is 8.55. The summed E-state index contributed by atoms with van der Waals surface area (Å²) in [6, 6.07) is 21.6. The van der Waals surface area contributed by atoms with Crippen LogP contribution in [0, 0.1) is 6.92 Å². The van der Waals surface area contributed by atoms with E-state index >= 15 is 0 Å². The molecule has 0 aliphatic heterocycles. The third-order valence-electron chi connectivity index (χ3n) is 5.35. The van der Waals surface area contributed by atoms with E-state index in [1.54, 1.807) is 30.8 Å². The van der Waals surface area contributed by atoms with Gasteiger partial charge >= 0.3 is 5.97 Å². The van der Waals surface area contributed by atoms with E-state index in [0.717, 1.165) is 25.7 Å². The summed E-state index contributed by atoms with van der Waals surface area (Å²) in [5, 5.41) is 0. The Labute approximate surface area is 222 Å². The fourth-order valence-electron chi connectivity index (χ4n) is 3.60. The fourth-order valence-corrected chi connectivity index (χ4v) is 6.40. The zero-order valence-corrected chi connectivity index (χ0v) is 22.7. The topological polar surface area (TPSA) is 47.3 Å². The van der Waals surface area contributed by atoms with Crippen LogP contribution in [0.4, 0.5) is 0 Å². The Hall–Kier alpha value is -2.74. The minimum atomic E-state index is -0.344. The van der Waals surface area contributed by atoms with E-state index < -0.39 is 0 Å².